The van der Waals surface area contributed by atoms with Crippen molar-refractivity contribution in [3.05, 3.63) is 41.2 Å². The average molecular weight is 431 g/mol. The van der Waals surface area contributed by atoms with E-state index in [1.165, 1.54) is 17.0 Å². The summed E-state index contributed by atoms with van der Waals surface area (Å²) in [5.74, 6) is -2.99. The van der Waals surface area contributed by atoms with Crippen LogP contribution in [0.1, 0.15) is 28.2 Å². The number of carbonyl (C=O) groups excluding carboxylic acids is 1. The van der Waals surface area contributed by atoms with Crippen molar-refractivity contribution in [3.8, 4) is 0 Å². The SMILES string of the molecule is Cc1nnsc1C(=O)N1CCC(Cn2cnc3ccccc32)CC1.O=C(O)C(=O)O. The van der Waals surface area contributed by atoms with Crippen LogP contribution in [0.15, 0.2) is 30.6 Å². The van der Waals surface area contributed by atoms with Crippen LogP contribution in [0.2, 0.25) is 0 Å². The fraction of sp³-hybridized carbons (Fsp3) is 0.368. The third kappa shape index (κ3) is 4.98. The predicted octanol–water partition coefficient (Wildman–Crippen LogP) is 1.90. The molecule has 1 amide bonds. The fourth-order valence-electron chi connectivity index (χ4n) is 3.32. The van der Waals surface area contributed by atoms with E-state index >= 15 is 0 Å². The average Bonchev–Trinajstić information content (AvgIpc) is 3.35. The highest BCUT2D eigenvalue weighted by Crippen LogP contribution is 2.24. The van der Waals surface area contributed by atoms with Gasteiger partial charge in [0.2, 0.25) is 0 Å². The first-order valence-electron chi connectivity index (χ1n) is 9.31. The second kappa shape index (κ2) is 9.44. The van der Waals surface area contributed by atoms with E-state index in [9.17, 15) is 4.79 Å². The summed E-state index contributed by atoms with van der Waals surface area (Å²) >= 11 is 1.19. The number of carboxylic acids is 2. The Balaban J connectivity index is 0.000000377. The molecule has 1 aliphatic heterocycles. The van der Waals surface area contributed by atoms with E-state index in [-0.39, 0.29) is 5.91 Å². The van der Waals surface area contributed by atoms with Gasteiger partial charge in [-0.25, -0.2) is 14.6 Å². The molecule has 3 aromatic rings. The van der Waals surface area contributed by atoms with Crippen LogP contribution in [0.5, 0.6) is 0 Å². The molecule has 0 bridgehead atoms. The van der Waals surface area contributed by atoms with Crippen LogP contribution in [0.4, 0.5) is 0 Å². The molecule has 2 N–H and O–H groups in total. The van der Waals surface area contributed by atoms with Crippen molar-refractivity contribution in [1.29, 1.82) is 0 Å². The standard InChI is InChI=1S/C17H19N5OS.C2H2O4/c1-12-16(24-20-19-12)17(23)21-8-6-13(7-9-21)10-22-11-18-14-4-2-3-5-15(14)22;3-1(4)2(5)6/h2-5,11,13H,6-10H2,1H3;(H,3,4)(H,5,6). The quantitative estimate of drug-likeness (QED) is 0.600. The van der Waals surface area contributed by atoms with Crippen LogP contribution in [0, 0.1) is 12.8 Å². The molecule has 11 heteroatoms. The number of amides is 1. The van der Waals surface area contributed by atoms with Crippen molar-refractivity contribution in [2.45, 2.75) is 26.3 Å². The van der Waals surface area contributed by atoms with Gasteiger partial charge in [0, 0.05) is 19.6 Å². The van der Waals surface area contributed by atoms with Gasteiger partial charge in [-0.1, -0.05) is 16.6 Å². The number of rotatable bonds is 3. The first kappa shape index (κ1) is 21.4. The van der Waals surface area contributed by atoms with Gasteiger partial charge in [-0.3, -0.25) is 4.79 Å². The van der Waals surface area contributed by atoms with E-state index in [1.54, 1.807) is 0 Å². The van der Waals surface area contributed by atoms with Gasteiger partial charge in [-0.05, 0) is 49.3 Å². The Morgan fingerprint density at radius 1 is 1.13 bits per heavy atom. The molecule has 4 rings (SSSR count). The molecule has 2 aromatic heterocycles. The summed E-state index contributed by atoms with van der Waals surface area (Å²) in [7, 11) is 0. The highest BCUT2D eigenvalue weighted by atomic mass is 32.1. The summed E-state index contributed by atoms with van der Waals surface area (Å²) in [5, 5.41) is 18.7. The lowest BCUT2D eigenvalue weighted by Gasteiger charge is -2.32. The normalized spacial score (nSPS) is 14.2. The van der Waals surface area contributed by atoms with Crippen molar-refractivity contribution in [1.82, 2.24) is 24.0 Å². The van der Waals surface area contributed by atoms with E-state index in [0.29, 0.717) is 10.8 Å². The molecule has 10 nitrogen and oxygen atoms in total. The maximum absolute atomic E-state index is 12.5. The number of fused-ring (bicyclic) bond motifs is 1. The minimum absolute atomic E-state index is 0.0778. The van der Waals surface area contributed by atoms with Crippen molar-refractivity contribution >= 4 is 40.4 Å². The van der Waals surface area contributed by atoms with Gasteiger partial charge in [0.15, 0.2) is 0 Å². The van der Waals surface area contributed by atoms with Crippen molar-refractivity contribution in [2.24, 2.45) is 5.92 Å². The molecule has 1 saturated heterocycles. The van der Waals surface area contributed by atoms with Gasteiger partial charge in [0.05, 0.1) is 23.1 Å². The molecule has 1 fully saturated rings. The van der Waals surface area contributed by atoms with Gasteiger partial charge in [0.1, 0.15) is 4.88 Å². The number of carboxylic acid groups (broad SMARTS) is 2. The van der Waals surface area contributed by atoms with E-state index in [1.807, 2.05) is 36.4 Å². The third-order valence-electron chi connectivity index (χ3n) is 4.91. The molecule has 0 spiro atoms. The van der Waals surface area contributed by atoms with Gasteiger partial charge >= 0.3 is 11.9 Å². The lowest BCUT2D eigenvalue weighted by molar-refractivity contribution is -0.159. The third-order valence-corrected chi connectivity index (χ3v) is 5.73. The Labute approximate surface area is 175 Å². The van der Waals surface area contributed by atoms with E-state index in [2.05, 4.69) is 25.2 Å². The molecule has 0 saturated carbocycles. The second-order valence-electron chi connectivity index (χ2n) is 6.92. The van der Waals surface area contributed by atoms with Crippen molar-refractivity contribution in [2.75, 3.05) is 13.1 Å². The first-order chi connectivity index (χ1) is 14.4. The van der Waals surface area contributed by atoms with Crippen LogP contribution in [-0.4, -0.2) is 65.2 Å². The minimum Gasteiger partial charge on any atom is -0.473 e. The van der Waals surface area contributed by atoms with Gasteiger partial charge in [-0.15, -0.1) is 5.10 Å². The number of nitrogens with zero attached hydrogens (tertiary/aromatic N) is 5. The molecular weight excluding hydrogens is 410 g/mol. The minimum atomic E-state index is -1.82. The molecule has 3 heterocycles. The molecule has 0 atom stereocenters. The Morgan fingerprint density at radius 3 is 2.40 bits per heavy atom. The van der Waals surface area contributed by atoms with Gasteiger partial charge < -0.3 is 19.7 Å². The van der Waals surface area contributed by atoms with Gasteiger partial charge in [0.25, 0.3) is 5.91 Å². The summed E-state index contributed by atoms with van der Waals surface area (Å²) < 4.78 is 6.10. The number of aliphatic carboxylic acids is 2. The zero-order chi connectivity index (χ0) is 21.7. The van der Waals surface area contributed by atoms with Gasteiger partial charge in [-0.2, -0.15) is 0 Å². The number of hydrogen-bond acceptors (Lipinski definition) is 7. The molecule has 1 aromatic carbocycles. The molecular formula is C19H21N5O5S. The topological polar surface area (TPSA) is 139 Å². The van der Waals surface area contributed by atoms with E-state index in [0.717, 1.165) is 43.7 Å². The van der Waals surface area contributed by atoms with Crippen molar-refractivity contribution < 1.29 is 24.6 Å². The fourth-order valence-corrected chi connectivity index (χ4v) is 3.95. The number of imidazole rings is 1. The lowest BCUT2D eigenvalue weighted by Crippen LogP contribution is -2.39. The Bertz CT molecular complexity index is 1040. The van der Waals surface area contributed by atoms with Crippen LogP contribution in [0.3, 0.4) is 0 Å². The number of likely N-dealkylation sites (tertiary alicyclic amines) is 1. The molecule has 0 aliphatic carbocycles. The molecule has 0 unspecified atom stereocenters. The number of aromatic nitrogens is 4. The number of hydrogen-bond donors (Lipinski definition) is 2. The maximum Gasteiger partial charge on any atom is 0.414 e. The zero-order valence-corrected chi connectivity index (χ0v) is 17.1. The highest BCUT2D eigenvalue weighted by molar-refractivity contribution is 7.07. The number of carbonyl (C=O) groups is 3. The number of benzene rings is 1. The van der Waals surface area contributed by atoms with Crippen LogP contribution < -0.4 is 0 Å². The van der Waals surface area contributed by atoms with E-state index in [4.69, 9.17) is 19.8 Å². The largest absolute Gasteiger partial charge is 0.473 e. The Hall–Kier alpha value is -3.34. The Morgan fingerprint density at radius 2 is 1.80 bits per heavy atom. The summed E-state index contributed by atoms with van der Waals surface area (Å²) in [5.41, 5.74) is 2.96. The summed E-state index contributed by atoms with van der Waals surface area (Å²) in [6.07, 6.45) is 3.96. The monoisotopic (exact) mass is 431 g/mol. The van der Waals surface area contributed by atoms with Crippen LogP contribution >= 0.6 is 11.5 Å². The second-order valence-corrected chi connectivity index (χ2v) is 7.67. The lowest BCUT2D eigenvalue weighted by atomic mass is 9.96. The van der Waals surface area contributed by atoms with E-state index < -0.39 is 11.9 Å². The van der Waals surface area contributed by atoms with Crippen LogP contribution in [0.25, 0.3) is 11.0 Å². The molecule has 1 aliphatic rings. The number of para-hydroxylation sites is 2. The summed E-state index contributed by atoms with van der Waals surface area (Å²) in [4.78, 5) is 37.8. The first-order valence-corrected chi connectivity index (χ1v) is 10.1. The molecule has 30 heavy (non-hydrogen) atoms. The molecule has 158 valence electrons. The maximum atomic E-state index is 12.5. The highest BCUT2D eigenvalue weighted by Gasteiger charge is 2.26. The smallest absolute Gasteiger partial charge is 0.414 e. The number of piperidine rings is 1. The molecule has 0 radical (unpaired) electrons. The predicted molar refractivity (Wildman–Crippen MR) is 108 cm³/mol. The summed E-state index contributed by atoms with van der Waals surface area (Å²) in [6, 6.07) is 8.21. The van der Waals surface area contributed by atoms with Crippen molar-refractivity contribution in [3.63, 3.8) is 0 Å². The summed E-state index contributed by atoms with van der Waals surface area (Å²) in [6.45, 7) is 4.40. The number of aryl methyl sites for hydroxylation is 1. The Kier molecular flexibility index (Phi) is 6.72. The zero-order valence-electron chi connectivity index (χ0n) is 16.3. The van der Waals surface area contributed by atoms with Crippen LogP contribution in [-0.2, 0) is 16.1 Å².